The van der Waals surface area contributed by atoms with E-state index in [1.54, 1.807) is 24.7 Å². The van der Waals surface area contributed by atoms with Crippen LogP contribution in [-0.4, -0.2) is 12.2 Å². The molecule has 19 heavy (non-hydrogen) atoms. The number of methoxy groups -OCH3 is 1. The van der Waals surface area contributed by atoms with Crippen LogP contribution >= 0.6 is 0 Å². The molecule has 0 bridgehead atoms. The summed E-state index contributed by atoms with van der Waals surface area (Å²) in [4.78, 5) is 11.0. The minimum atomic E-state index is -0.471. The van der Waals surface area contributed by atoms with E-state index in [9.17, 15) is 9.90 Å². The Kier molecular flexibility index (Phi) is 3.87. The molecular weight excluding hydrogens is 248 g/mol. The highest BCUT2D eigenvalue weighted by Crippen LogP contribution is 2.33. The van der Waals surface area contributed by atoms with Gasteiger partial charge in [-0.1, -0.05) is 0 Å². The van der Waals surface area contributed by atoms with Crippen molar-refractivity contribution in [2.24, 2.45) is 0 Å². The van der Waals surface area contributed by atoms with Crippen LogP contribution in [0.3, 0.4) is 0 Å². The van der Waals surface area contributed by atoms with Crippen LogP contribution in [0.25, 0.3) is 11.0 Å². The third kappa shape index (κ3) is 2.95. The lowest BCUT2D eigenvalue weighted by Crippen LogP contribution is -1.96. The molecule has 0 aliphatic carbocycles. The average Bonchev–Trinajstić information content (AvgIpc) is 2.97. The number of phenolic OH excluding ortho intramolecular Hbond substituents is 1. The molecule has 0 spiro atoms. The van der Waals surface area contributed by atoms with Crippen molar-refractivity contribution in [2.75, 3.05) is 7.11 Å². The van der Waals surface area contributed by atoms with Crippen LogP contribution in [-0.2, 0) is 0 Å². The number of phenols is 1. The average molecular weight is 260 g/mol. The second-order valence-corrected chi connectivity index (χ2v) is 3.58. The molecule has 0 aliphatic heterocycles. The Balaban J connectivity index is 0.000000224. The van der Waals surface area contributed by atoms with E-state index in [1.165, 1.54) is 19.2 Å². The van der Waals surface area contributed by atoms with Gasteiger partial charge in [0, 0.05) is 11.5 Å². The van der Waals surface area contributed by atoms with Gasteiger partial charge in [0.25, 0.3) is 0 Å². The maximum absolute atomic E-state index is 11.0. The lowest BCUT2D eigenvalue weighted by Gasteiger charge is -2.04. The molecule has 0 aliphatic rings. The Labute approximate surface area is 108 Å². The Bertz CT molecular complexity index is 680. The Morgan fingerprint density at radius 1 is 1.11 bits per heavy atom. The quantitative estimate of drug-likeness (QED) is 0.681. The lowest BCUT2D eigenvalue weighted by molar-refractivity contribution is 0.369. The maximum Gasteiger partial charge on any atom is 0.336 e. The van der Waals surface area contributed by atoms with Crippen LogP contribution in [0.15, 0.2) is 62.6 Å². The normalized spacial score (nSPS) is 9.74. The summed E-state index contributed by atoms with van der Waals surface area (Å²) >= 11 is 0. The standard InChI is InChI=1S/C10H8O4.C4H4O/c1-13-10-7(11)4-2-6-3-5-8(12)14-9(6)10;1-2-4-5-3-1/h2-5,11H,1H3;1-4H. The lowest BCUT2D eigenvalue weighted by atomic mass is 10.2. The zero-order valence-corrected chi connectivity index (χ0v) is 10.2. The van der Waals surface area contributed by atoms with Gasteiger partial charge in [0.1, 0.15) is 0 Å². The molecule has 98 valence electrons. The zero-order chi connectivity index (χ0) is 13.7. The Morgan fingerprint density at radius 2 is 1.79 bits per heavy atom. The molecule has 1 aromatic carbocycles. The molecule has 0 amide bonds. The monoisotopic (exact) mass is 260 g/mol. The highest BCUT2D eigenvalue weighted by molar-refractivity contribution is 5.84. The summed E-state index contributed by atoms with van der Waals surface area (Å²) in [5.74, 6) is 0.134. The van der Waals surface area contributed by atoms with Crippen molar-refractivity contribution in [1.82, 2.24) is 0 Å². The van der Waals surface area contributed by atoms with E-state index in [1.807, 2.05) is 12.1 Å². The predicted octanol–water partition coefficient (Wildman–Crippen LogP) is 2.79. The third-order valence-electron chi connectivity index (χ3n) is 2.35. The molecule has 0 atom stereocenters. The molecular formula is C14H12O5. The smallest absolute Gasteiger partial charge is 0.336 e. The van der Waals surface area contributed by atoms with Gasteiger partial charge in [-0.25, -0.2) is 4.79 Å². The van der Waals surface area contributed by atoms with Crippen molar-refractivity contribution in [3.8, 4) is 11.5 Å². The van der Waals surface area contributed by atoms with E-state index < -0.39 is 5.63 Å². The minimum absolute atomic E-state index is 0.0469. The summed E-state index contributed by atoms with van der Waals surface area (Å²) in [7, 11) is 1.40. The fourth-order valence-electron chi connectivity index (χ4n) is 1.52. The molecule has 2 aromatic heterocycles. The first kappa shape index (κ1) is 12.8. The first-order valence-electron chi connectivity index (χ1n) is 5.49. The van der Waals surface area contributed by atoms with Crippen molar-refractivity contribution in [3.05, 3.63) is 59.3 Å². The Morgan fingerprint density at radius 3 is 2.37 bits per heavy atom. The van der Waals surface area contributed by atoms with E-state index in [2.05, 4.69) is 4.42 Å². The number of fused-ring (bicyclic) bond motifs is 1. The summed E-state index contributed by atoms with van der Waals surface area (Å²) in [5, 5.41) is 10.1. The van der Waals surface area contributed by atoms with Gasteiger partial charge in [-0.15, -0.1) is 0 Å². The second-order valence-electron chi connectivity index (χ2n) is 3.58. The largest absolute Gasteiger partial charge is 0.504 e. The van der Waals surface area contributed by atoms with E-state index >= 15 is 0 Å². The highest BCUT2D eigenvalue weighted by atomic mass is 16.5. The molecule has 3 aromatic rings. The van der Waals surface area contributed by atoms with E-state index in [0.717, 1.165) is 0 Å². The van der Waals surface area contributed by atoms with Crippen molar-refractivity contribution in [1.29, 1.82) is 0 Å². The molecule has 0 saturated carbocycles. The van der Waals surface area contributed by atoms with Gasteiger partial charge >= 0.3 is 5.63 Å². The molecule has 0 fully saturated rings. The number of furan rings is 1. The first-order valence-corrected chi connectivity index (χ1v) is 5.49. The fraction of sp³-hybridized carbons (Fsp3) is 0.0714. The van der Waals surface area contributed by atoms with Crippen LogP contribution in [0.2, 0.25) is 0 Å². The number of benzene rings is 1. The zero-order valence-electron chi connectivity index (χ0n) is 10.2. The SMILES string of the molecule is COc1c(O)ccc2ccc(=O)oc12.c1ccoc1. The van der Waals surface area contributed by atoms with Gasteiger partial charge in [0.15, 0.2) is 11.3 Å². The second kappa shape index (κ2) is 5.77. The van der Waals surface area contributed by atoms with Gasteiger partial charge in [0.05, 0.1) is 19.6 Å². The summed E-state index contributed by atoms with van der Waals surface area (Å²) in [6.45, 7) is 0. The molecule has 0 saturated heterocycles. The molecule has 0 radical (unpaired) electrons. The number of rotatable bonds is 1. The summed E-state index contributed by atoms with van der Waals surface area (Å²) in [6.07, 6.45) is 3.25. The summed E-state index contributed by atoms with van der Waals surface area (Å²) < 4.78 is 14.4. The van der Waals surface area contributed by atoms with Crippen LogP contribution in [0.5, 0.6) is 11.5 Å². The van der Waals surface area contributed by atoms with E-state index in [-0.39, 0.29) is 17.1 Å². The van der Waals surface area contributed by atoms with Crippen LogP contribution in [0, 0.1) is 0 Å². The number of aromatic hydroxyl groups is 1. The van der Waals surface area contributed by atoms with Gasteiger partial charge in [0.2, 0.25) is 5.75 Å². The maximum atomic E-state index is 11.0. The molecule has 3 rings (SSSR count). The first-order chi connectivity index (χ1) is 9.22. The molecule has 2 heterocycles. The van der Waals surface area contributed by atoms with E-state index in [0.29, 0.717) is 5.39 Å². The summed E-state index contributed by atoms with van der Waals surface area (Å²) in [5.41, 5.74) is -0.207. The van der Waals surface area contributed by atoms with Crippen molar-refractivity contribution >= 4 is 11.0 Å². The summed E-state index contributed by atoms with van der Waals surface area (Å²) in [6, 6.07) is 9.74. The van der Waals surface area contributed by atoms with Gasteiger partial charge in [-0.2, -0.15) is 0 Å². The molecule has 5 nitrogen and oxygen atoms in total. The molecule has 1 N–H and O–H groups in total. The van der Waals surface area contributed by atoms with Crippen LogP contribution in [0.1, 0.15) is 0 Å². The van der Waals surface area contributed by atoms with Gasteiger partial charge < -0.3 is 18.7 Å². The number of hydrogen-bond donors (Lipinski definition) is 1. The third-order valence-corrected chi connectivity index (χ3v) is 2.35. The van der Waals surface area contributed by atoms with Crippen molar-refractivity contribution in [2.45, 2.75) is 0 Å². The van der Waals surface area contributed by atoms with Crippen molar-refractivity contribution in [3.63, 3.8) is 0 Å². The number of ether oxygens (including phenoxy) is 1. The molecule has 5 heteroatoms. The fourth-order valence-corrected chi connectivity index (χ4v) is 1.52. The topological polar surface area (TPSA) is 72.8 Å². The van der Waals surface area contributed by atoms with Gasteiger partial charge in [-0.3, -0.25) is 0 Å². The predicted molar refractivity (Wildman–Crippen MR) is 69.4 cm³/mol. The highest BCUT2D eigenvalue weighted by Gasteiger charge is 2.09. The van der Waals surface area contributed by atoms with Crippen LogP contribution in [0.4, 0.5) is 0 Å². The van der Waals surface area contributed by atoms with E-state index in [4.69, 9.17) is 9.15 Å². The minimum Gasteiger partial charge on any atom is -0.504 e. The number of hydrogen-bond acceptors (Lipinski definition) is 5. The van der Waals surface area contributed by atoms with Gasteiger partial charge in [-0.05, 0) is 30.3 Å². The van der Waals surface area contributed by atoms with Crippen LogP contribution < -0.4 is 10.4 Å². The Hall–Kier alpha value is -2.69. The van der Waals surface area contributed by atoms with Crippen molar-refractivity contribution < 1.29 is 18.7 Å². The molecule has 0 unspecified atom stereocenters.